The number of aryl methyl sites for hydroxylation is 1. The Labute approximate surface area is 154 Å². The summed E-state index contributed by atoms with van der Waals surface area (Å²) in [6.45, 7) is 2.14. The average molecular weight is 373 g/mol. The zero-order chi connectivity index (χ0) is 18.6. The van der Waals surface area contributed by atoms with Crippen molar-refractivity contribution in [3.63, 3.8) is 0 Å². The van der Waals surface area contributed by atoms with Crippen LogP contribution in [0.25, 0.3) is 0 Å². The Kier molecular flexibility index (Phi) is 5.68. The summed E-state index contributed by atoms with van der Waals surface area (Å²) in [6.07, 6.45) is 5.71. The maximum atomic E-state index is 12.5. The second kappa shape index (κ2) is 7.97. The molecule has 1 aliphatic rings. The molecule has 1 aromatic heterocycles. The van der Waals surface area contributed by atoms with Crippen molar-refractivity contribution < 1.29 is 13.2 Å². The van der Waals surface area contributed by atoms with Gasteiger partial charge in [-0.05, 0) is 55.5 Å². The lowest BCUT2D eigenvalue weighted by Crippen LogP contribution is -2.39. The molecule has 0 bridgehead atoms. The summed E-state index contributed by atoms with van der Waals surface area (Å²) in [5.74, 6) is -0.233. The highest BCUT2D eigenvalue weighted by Gasteiger charge is 2.21. The number of hydrogen-bond acceptors (Lipinski definition) is 4. The standard InChI is InChI=1S/C19H23N3O3S/c1-2-14-9-10-17(20-12-14)13-21-26(24,25)18-8-3-5-15(11-18)19(23)22-16-6-4-7-16/h3,5,8-12,16,21H,2,4,6-7,13H2,1H3,(H,22,23). The number of nitrogens with one attached hydrogen (secondary N) is 2. The molecular weight excluding hydrogens is 350 g/mol. The fraction of sp³-hybridized carbons (Fsp3) is 0.368. The van der Waals surface area contributed by atoms with Gasteiger partial charge in [0.1, 0.15) is 0 Å². The molecule has 1 amide bonds. The van der Waals surface area contributed by atoms with E-state index in [1.807, 2.05) is 19.1 Å². The normalized spacial score (nSPS) is 14.7. The summed E-state index contributed by atoms with van der Waals surface area (Å²) < 4.78 is 27.6. The van der Waals surface area contributed by atoms with E-state index in [9.17, 15) is 13.2 Å². The summed E-state index contributed by atoms with van der Waals surface area (Å²) >= 11 is 0. The third kappa shape index (κ3) is 4.47. The Balaban J connectivity index is 1.67. The molecule has 2 N–H and O–H groups in total. The number of benzene rings is 1. The molecule has 0 spiro atoms. The molecule has 2 aromatic rings. The number of pyridine rings is 1. The molecule has 1 aliphatic carbocycles. The van der Waals surface area contributed by atoms with Gasteiger partial charge in [-0.25, -0.2) is 13.1 Å². The number of sulfonamides is 1. The van der Waals surface area contributed by atoms with Gasteiger partial charge in [-0.15, -0.1) is 0 Å². The first kappa shape index (κ1) is 18.5. The van der Waals surface area contributed by atoms with Gasteiger partial charge in [0.2, 0.25) is 10.0 Å². The fourth-order valence-electron chi connectivity index (χ4n) is 2.65. The minimum Gasteiger partial charge on any atom is -0.349 e. The van der Waals surface area contributed by atoms with Crippen molar-refractivity contribution in [1.82, 2.24) is 15.0 Å². The topological polar surface area (TPSA) is 88.2 Å². The molecule has 1 aromatic carbocycles. The zero-order valence-electron chi connectivity index (χ0n) is 14.7. The van der Waals surface area contributed by atoms with Crippen LogP contribution < -0.4 is 10.0 Å². The predicted molar refractivity (Wildman–Crippen MR) is 99.2 cm³/mol. The van der Waals surface area contributed by atoms with Gasteiger partial charge in [0, 0.05) is 17.8 Å². The van der Waals surface area contributed by atoms with E-state index in [-0.39, 0.29) is 23.4 Å². The quantitative estimate of drug-likeness (QED) is 0.780. The van der Waals surface area contributed by atoms with Crippen molar-refractivity contribution in [2.75, 3.05) is 0 Å². The van der Waals surface area contributed by atoms with Crippen LogP contribution in [0, 0.1) is 0 Å². The fourth-order valence-corrected chi connectivity index (χ4v) is 3.69. The highest BCUT2D eigenvalue weighted by atomic mass is 32.2. The number of carbonyl (C=O) groups is 1. The molecule has 0 atom stereocenters. The SMILES string of the molecule is CCc1ccc(CNS(=O)(=O)c2cccc(C(=O)NC3CCC3)c2)nc1. The number of nitrogens with zero attached hydrogens (tertiary/aromatic N) is 1. The Hall–Kier alpha value is -2.25. The summed E-state index contributed by atoms with van der Waals surface area (Å²) in [6, 6.07) is 10.0. The summed E-state index contributed by atoms with van der Waals surface area (Å²) in [5, 5.41) is 2.92. The number of rotatable bonds is 7. The average Bonchev–Trinajstić information content (AvgIpc) is 2.63. The summed E-state index contributed by atoms with van der Waals surface area (Å²) in [5.41, 5.74) is 2.09. The highest BCUT2D eigenvalue weighted by molar-refractivity contribution is 7.89. The van der Waals surface area contributed by atoms with E-state index in [0.29, 0.717) is 11.3 Å². The molecule has 1 heterocycles. The highest BCUT2D eigenvalue weighted by Crippen LogP contribution is 2.19. The molecular formula is C19H23N3O3S. The second-order valence-corrected chi connectivity index (χ2v) is 8.23. The van der Waals surface area contributed by atoms with Crippen LogP contribution in [0.3, 0.4) is 0 Å². The van der Waals surface area contributed by atoms with Crippen molar-refractivity contribution in [2.24, 2.45) is 0 Å². The number of aromatic nitrogens is 1. The van der Waals surface area contributed by atoms with Gasteiger partial charge >= 0.3 is 0 Å². The van der Waals surface area contributed by atoms with Gasteiger partial charge in [0.15, 0.2) is 0 Å². The molecule has 6 nitrogen and oxygen atoms in total. The van der Waals surface area contributed by atoms with Gasteiger partial charge < -0.3 is 5.32 Å². The van der Waals surface area contributed by atoms with Crippen LogP contribution in [0.2, 0.25) is 0 Å². The first-order valence-corrected chi connectivity index (χ1v) is 10.3. The maximum absolute atomic E-state index is 12.5. The van der Waals surface area contributed by atoms with E-state index < -0.39 is 10.0 Å². The number of carbonyl (C=O) groups excluding carboxylic acids is 1. The second-order valence-electron chi connectivity index (χ2n) is 6.47. The van der Waals surface area contributed by atoms with Crippen molar-refractivity contribution in [3.05, 3.63) is 59.4 Å². The van der Waals surface area contributed by atoms with Crippen LogP contribution in [0.5, 0.6) is 0 Å². The molecule has 0 saturated heterocycles. The Morgan fingerprint density at radius 3 is 2.65 bits per heavy atom. The van der Waals surface area contributed by atoms with Gasteiger partial charge in [0.05, 0.1) is 17.1 Å². The van der Waals surface area contributed by atoms with Crippen LogP contribution in [-0.4, -0.2) is 25.4 Å². The summed E-state index contributed by atoms with van der Waals surface area (Å²) in [7, 11) is -3.72. The van der Waals surface area contributed by atoms with E-state index in [2.05, 4.69) is 15.0 Å². The monoisotopic (exact) mass is 373 g/mol. The number of hydrogen-bond donors (Lipinski definition) is 2. The lowest BCUT2D eigenvalue weighted by molar-refractivity contribution is 0.0916. The van der Waals surface area contributed by atoms with Crippen molar-refractivity contribution >= 4 is 15.9 Å². The molecule has 0 aliphatic heterocycles. The van der Waals surface area contributed by atoms with Crippen LogP contribution >= 0.6 is 0 Å². The smallest absolute Gasteiger partial charge is 0.251 e. The van der Waals surface area contributed by atoms with Crippen LogP contribution in [0.4, 0.5) is 0 Å². The first-order valence-electron chi connectivity index (χ1n) is 8.82. The van der Waals surface area contributed by atoms with Crippen molar-refractivity contribution in [1.29, 1.82) is 0 Å². The van der Waals surface area contributed by atoms with E-state index in [1.165, 1.54) is 12.1 Å². The van der Waals surface area contributed by atoms with E-state index in [4.69, 9.17) is 0 Å². The first-order chi connectivity index (χ1) is 12.5. The van der Waals surface area contributed by atoms with E-state index >= 15 is 0 Å². The molecule has 1 saturated carbocycles. The molecule has 3 rings (SSSR count). The third-order valence-corrected chi connectivity index (χ3v) is 5.98. The van der Waals surface area contributed by atoms with Crippen molar-refractivity contribution in [3.8, 4) is 0 Å². The van der Waals surface area contributed by atoms with Crippen molar-refractivity contribution in [2.45, 2.75) is 50.1 Å². The lowest BCUT2D eigenvalue weighted by Gasteiger charge is -2.26. The zero-order valence-corrected chi connectivity index (χ0v) is 15.6. The molecule has 7 heteroatoms. The van der Waals surface area contributed by atoms with Gasteiger partial charge in [0.25, 0.3) is 5.91 Å². The van der Waals surface area contributed by atoms with E-state index in [1.54, 1.807) is 18.3 Å². The minimum absolute atomic E-state index is 0.0731. The predicted octanol–water partition coefficient (Wildman–Crippen LogP) is 2.40. The largest absolute Gasteiger partial charge is 0.349 e. The van der Waals surface area contributed by atoms with Crippen LogP contribution in [0.1, 0.15) is 47.8 Å². The molecule has 138 valence electrons. The molecule has 0 radical (unpaired) electrons. The lowest BCUT2D eigenvalue weighted by atomic mass is 9.93. The van der Waals surface area contributed by atoms with Gasteiger partial charge in [-0.2, -0.15) is 0 Å². The Morgan fingerprint density at radius 1 is 1.23 bits per heavy atom. The Bertz CT molecular complexity index is 875. The number of amides is 1. The minimum atomic E-state index is -3.72. The Morgan fingerprint density at radius 2 is 2.04 bits per heavy atom. The third-order valence-electron chi connectivity index (χ3n) is 4.58. The van der Waals surface area contributed by atoms with E-state index in [0.717, 1.165) is 31.2 Å². The van der Waals surface area contributed by atoms with Crippen LogP contribution in [-0.2, 0) is 23.0 Å². The van der Waals surface area contributed by atoms with Gasteiger partial charge in [-0.3, -0.25) is 9.78 Å². The maximum Gasteiger partial charge on any atom is 0.251 e. The molecule has 1 fully saturated rings. The summed E-state index contributed by atoms with van der Waals surface area (Å²) in [4.78, 5) is 16.6. The molecule has 0 unspecified atom stereocenters. The molecule has 26 heavy (non-hydrogen) atoms. The van der Waals surface area contributed by atoms with Crippen LogP contribution in [0.15, 0.2) is 47.5 Å². The van der Waals surface area contributed by atoms with Gasteiger partial charge in [-0.1, -0.05) is 19.1 Å².